The molecule has 0 aromatic carbocycles. The van der Waals surface area contributed by atoms with E-state index in [0.717, 1.165) is 13.0 Å². The summed E-state index contributed by atoms with van der Waals surface area (Å²) in [6, 6.07) is 0. The summed E-state index contributed by atoms with van der Waals surface area (Å²) in [5.41, 5.74) is 0. The molecular weight excluding hydrogens is 397 g/mol. The molecule has 0 saturated heterocycles. The second-order valence-corrected chi connectivity index (χ2v) is 7.32. The molecule has 0 spiro atoms. The lowest BCUT2D eigenvalue weighted by molar-refractivity contribution is 0.595. The summed E-state index contributed by atoms with van der Waals surface area (Å²) in [6.07, 6.45) is 4.37. The molecule has 0 atom stereocenters. The van der Waals surface area contributed by atoms with E-state index < -0.39 is 9.84 Å². The van der Waals surface area contributed by atoms with Crippen molar-refractivity contribution in [1.82, 2.24) is 10.6 Å². The minimum atomic E-state index is -2.90. The van der Waals surface area contributed by atoms with E-state index in [9.17, 15) is 8.42 Å². The Kier molecular flexibility index (Phi) is 15.1. The number of halogens is 1. The van der Waals surface area contributed by atoms with Gasteiger partial charge in [-0.3, -0.25) is 4.99 Å². The summed E-state index contributed by atoms with van der Waals surface area (Å²) in [5.74, 6) is 2.18. The summed E-state index contributed by atoms with van der Waals surface area (Å²) >= 11 is 1.84. The number of unbranched alkanes of at least 4 members (excludes halogenated alkanes) is 1. The molecule has 19 heavy (non-hydrogen) atoms. The Labute approximate surface area is 138 Å². The third-order valence-electron chi connectivity index (χ3n) is 2.44. The van der Waals surface area contributed by atoms with Crippen molar-refractivity contribution in [3.05, 3.63) is 0 Å². The van der Waals surface area contributed by atoms with E-state index in [2.05, 4.69) is 21.9 Å². The zero-order chi connectivity index (χ0) is 13.9. The monoisotopic (exact) mass is 423 g/mol. The van der Waals surface area contributed by atoms with E-state index in [1.165, 1.54) is 12.2 Å². The molecule has 2 N–H and O–H groups in total. The summed E-state index contributed by atoms with van der Waals surface area (Å²) in [5, 5.41) is 6.17. The zero-order valence-corrected chi connectivity index (χ0v) is 15.9. The van der Waals surface area contributed by atoms with Crippen LogP contribution in [0.25, 0.3) is 0 Å². The van der Waals surface area contributed by atoms with Crippen molar-refractivity contribution in [2.45, 2.75) is 19.8 Å². The average Bonchev–Trinajstić information content (AvgIpc) is 2.36. The fraction of sp³-hybridized carbons (Fsp3) is 0.909. The minimum absolute atomic E-state index is 0. The van der Waals surface area contributed by atoms with Crippen molar-refractivity contribution in [2.24, 2.45) is 4.99 Å². The highest BCUT2D eigenvalue weighted by molar-refractivity contribution is 14.0. The second-order valence-electron chi connectivity index (χ2n) is 3.86. The van der Waals surface area contributed by atoms with Gasteiger partial charge in [0.05, 0.1) is 5.75 Å². The van der Waals surface area contributed by atoms with Gasteiger partial charge in [0.1, 0.15) is 0 Å². The predicted octanol–water partition coefficient (Wildman–Crippen LogP) is 1.35. The molecule has 116 valence electrons. The molecule has 0 aliphatic heterocycles. The summed E-state index contributed by atoms with van der Waals surface area (Å²) in [6.45, 7) is 2.93. The van der Waals surface area contributed by atoms with Crippen LogP contribution in [0.2, 0.25) is 0 Å². The van der Waals surface area contributed by atoms with Gasteiger partial charge in [-0.15, -0.1) is 24.0 Å². The van der Waals surface area contributed by atoms with Crippen molar-refractivity contribution in [1.29, 1.82) is 0 Å². The van der Waals surface area contributed by atoms with Crippen LogP contribution in [0.1, 0.15) is 19.8 Å². The predicted molar refractivity (Wildman–Crippen MR) is 96.7 cm³/mol. The highest BCUT2D eigenvalue weighted by Crippen LogP contribution is 1.97. The number of rotatable bonds is 9. The third kappa shape index (κ3) is 13.1. The Morgan fingerprint density at radius 1 is 1.21 bits per heavy atom. The van der Waals surface area contributed by atoms with Crippen LogP contribution in [0.4, 0.5) is 0 Å². The van der Waals surface area contributed by atoms with E-state index in [1.54, 1.807) is 14.0 Å². The largest absolute Gasteiger partial charge is 0.356 e. The minimum Gasteiger partial charge on any atom is -0.356 e. The first-order valence-electron chi connectivity index (χ1n) is 6.19. The zero-order valence-electron chi connectivity index (χ0n) is 11.9. The fourth-order valence-electron chi connectivity index (χ4n) is 1.27. The number of nitrogens with one attached hydrogen (secondary N) is 2. The fourth-order valence-corrected chi connectivity index (χ4v) is 2.46. The van der Waals surface area contributed by atoms with Crippen molar-refractivity contribution in [2.75, 3.05) is 43.7 Å². The number of thioether (sulfide) groups is 1. The van der Waals surface area contributed by atoms with Crippen LogP contribution in [-0.4, -0.2) is 58.0 Å². The number of nitrogens with zero attached hydrogens (tertiary/aromatic N) is 1. The van der Waals surface area contributed by atoms with E-state index in [-0.39, 0.29) is 35.5 Å². The highest BCUT2D eigenvalue weighted by Gasteiger charge is 2.06. The van der Waals surface area contributed by atoms with E-state index in [1.807, 2.05) is 11.8 Å². The normalized spacial score (nSPS) is 11.8. The van der Waals surface area contributed by atoms with Crippen LogP contribution in [0.5, 0.6) is 0 Å². The number of hydrogen-bond donors (Lipinski definition) is 2. The van der Waals surface area contributed by atoms with Crippen molar-refractivity contribution in [3.8, 4) is 0 Å². The summed E-state index contributed by atoms with van der Waals surface area (Å²) in [4.78, 5) is 4.05. The Hall–Kier alpha value is 0.300. The van der Waals surface area contributed by atoms with Crippen LogP contribution in [0, 0.1) is 0 Å². The number of guanidine groups is 1. The maximum atomic E-state index is 11.3. The first kappa shape index (κ1) is 21.6. The molecule has 0 unspecified atom stereocenters. The van der Waals surface area contributed by atoms with Crippen LogP contribution >= 0.6 is 35.7 Å². The summed E-state index contributed by atoms with van der Waals surface area (Å²) < 4.78 is 22.6. The molecule has 0 radical (unpaired) electrons. The van der Waals surface area contributed by atoms with Crippen LogP contribution in [0.3, 0.4) is 0 Å². The van der Waals surface area contributed by atoms with E-state index >= 15 is 0 Å². The van der Waals surface area contributed by atoms with Crippen LogP contribution in [0.15, 0.2) is 4.99 Å². The van der Waals surface area contributed by atoms with Crippen molar-refractivity contribution < 1.29 is 8.42 Å². The summed E-state index contributed by atoms with van der Waals surface area (Å²) in [7, 11) is -1.22. The number of sulfone groups is 1. The van der Waals surface area contributed by atoms with Gasteiger partial charge in [0.25, 0.3) is 0 Å². The molecule has 5 nitrogen and oxygen atoms in total. The lowest BCUT2D eigenvalue weighted by atomic mass is 10.3. The van der Waals surface area contributed by atoms with Gasteiger partial charge in [0.15, 0.2) is 15.8 Å². The van der Waals surface area contributed by atoms with Gasteiger partial charge in [-0.2, -0.15) is 11.8 Å². The van der Waals surface area contributed by atoms with Gasteiger partial charge in [-0.25, -0.2) is 8.42 Å². The highest BCUT2D eigenvalue weighted by atomic mass is 127. The quantitative estimate of drug-likeness (QED) is 0.254. The molecular formula is C11H26IN3O2S2. The van der Waals surface area contributed by atoms with Gasteiger partial charge in [-0.05, 0) is 24.9 Å². The first-order valence-corrected chi connectivity index (χ1v) is 9.41. The molecule has 0 aromatic rings. The average molecular weight is 423 g/mol. The van der Waals surface area contributed by atoms with Gasteiger partial charge in [0, 0.05) is 25.9 Å². The lowest BCUT2D eigenvalue weighted by Gasteiger charge is -2.11. The number of hydrogen-bond acceptors (Lipinski definition) is 4. The van der Waals surface area contributed by atoms with Gasteiger partial charge >= 0.3 is 0 Å². The molecule has 0 rings (SSSR count). The Morgan fingerprint density at radius 3 is 2.37 bits per heavy atom. The smallest absolute Gasteiger partial charge is 0.191 e. The maximum Gasteiger partial charge on any atom is 0.191 e. The third-order valence-corrected chi connectivity index (χ3v) is 4.84. The topological polar surface area (TPSA) is 70.6 Å². The van der Waals surface area contributed by atoms with Gasteiger partial charge < -0.3 is 10.6 Å². The SMILES string of the molecule is CCS(=O)(=O)CCNC(=NC)NCCCCSC.I. The molecule has 8 heteroatoms. The Bertz CT molecular complexity index is 335. The Balaban J connectivity index is 0. The van der Waals surface area contributed by atoms with E-state index in [0.29, 0.717) is 12.5 Å². The molecule has 0 aromatic heterocycles. The van der Waals surface area contributed by atoms with E-state index in [4.69, 9.17) is 0 Å². The molecule has 0 aliphatic rings. The second kappa shape index (κ2) is 13.3. The molecule has 0 saturated carbocycles. The van der Waals surface area contributed by atoms with Crippen molar-refractivity contribution >= 4 is 51.5 Å². The van der Waals surface area contributed by atoms with Crippen LogP contribution < -0.4 is 10.6 Å². The molecule has 0 heterocycles. The molecule has 0 amide bonds. The first-order chi connectivity index (χ1) is 8.55. The molecule has 0 aliphatic carbocycles. The lowest BCUT2D eigenvalue weighted by Crippen LogP contribution is -2.40. The number of aliphatic imine (C=N–C) groups is 1. The van der Waals surface area contributed by atoms with Gasteiger partial charge in [-0.1, -0.05) is 6.92 Å². The van der Waals surface area contributed by atoms with Crippen LogP contribution in [-0.2, 0) is 9.84 Å². The molecule has 0 bridgehead atoms. The Morgan fingerprint density at radius 2 is 1.84 bits per heavy atom. The molecule has 0 fully saturated rings. The van der Waals surface area contributed by atoms with Crippen molar-refractivity contribution in [3.63, 3.8) is 0 Å². The van der Waals surface area contributed by atoms with Gasteiger partial charge in [0.2, 0.25) is 0 Å². The standard InChI is InChI=1S/C11H25N3O2S2.HI/c1-4-18(15,16)10-8-14-11(12-2)13-7-5-6-9-17-3;/h4-10H2,1-3H3,(H2,12,13,14);1H. The maximum absolute atomic E-state index is 11.3.